The van der Waals surface area contributed by atoms with Crippen molar-refractivity contribution in [3.63, 3.8) is 0 Å². The van der Waals surface area contributed by atoms with E-state index in [9.17, 15) is 4.79 Å². The van der Waals surface area contributed by atoms with E-state index in [2.05, 4.69) is 31.0 Å². The summed E-state index contributed by atoms with van der Waals surface area (Å²) >= 11 is 1.38. The van der Waals surface area contributed by atoms with E-state index >= 15 is 0 Å². The molecule has 5 nitrogen and oxygen atoms in total. The van der Waals surface area contributed by atoms with Crippen molar-refractivity contribution in [3.05, 3.63) is 6.33 Å². The zero-order valence-electron chi connectivity index (χ0n) is 13.3. The number of rotatable bonds is 5. The van der Waals surface area contributed by atoms with Gasteiger partial charge >= 0.3 is 5.97 Å². The van der Waals surface area contributed by atoms with E-state index in [0.717, 1.165) is 18.0 Å². The van der Waals surface area contributed by atoms with Crippen LogP contribution in [-0.4, -0.2) is 32.6 Å². The molecule has 6 heteroatoms. The Bertz CT molecular complexity index is 475. The van der Waals surface area contributed by atoms with Crippen molar-refractivity contribution >= 4 is 17.7 Å². The predicted octanol–water partition coefficient (Wildman–Crippen LogP) is 2.91. The summed E-state index contributed by atoms with van der Waals surface area (Å²) in [5.74, 6) is 1.84. The molecule has 0 aromatic carbocycles. The minimum absolute atomic E-state index is 0.0707. The number of hydrogen-bond acceptors (Lipinski definition) is 5. The second-order valence-electron chi connectivity index (χ2n) is 6.37. The number of ether oxygens (including phenoxy) is 1. The second kappa shape index (κ2) is 7.29. The van der Waals surface area contributed by atoms with Crippen molar-refractivity contribution in [2.75, 3.05) is 5.75 Å². The third-order valence-electron chi connectivity index (χ3n) is 4.23. The Morgan fingerprint density at radius 2 is 2.29 bits per heavy atom. The first-order chi connectivity index (χ1) is 9.97. The van der Waals surface area contributed by atoms with Gasteiger partial charge in [0.2, 0.25) is 0 Å². The molecule has 0 radical (unpaired) electrons. The highest BCUT2D eigenvalue weighted by atomic mass is 32.2. The fourth-order valence-electron chi connectivity index (χ4n) is 2.98. The molecule has 2 rings (SSSR count). The van der Waals surface area contributed by atoms with Crippen LogP contribution in [0.25, 0.3) is 0 Å². The summed E-state index contributed by atoms with van der Waals surface area (Å²) in [5.41, 5.74) is 0. The van der Waals surface area contributed by atoms with Crippen LogP contribution in [-0.2, 0) is 16.6 Å². The lowest BCUT2D eigenvalue weighted by atomic mass is 9.75. The van der Waals surface area contributed by atoms with Crippen LogP contribution in [0.4, 0.5) is 0 Å². The standard InChI is InChI=1S/C15H25N3O2S/c1-10(2)12-6-5-11(3)7-13(12)20-14(19)8-21-15-17-16-9-18(15)4/h9-13H,5-8H2,1-4H3/t11-,12+,13+/m1/s1. The summed E-state index contributed by atoms with van der Waals surface area (Å²) in [7, 11) is 1.87. The maximum Gasteiger partial charge on any atom is 0.316 e. The van der Waals surface area contributed by atoms with E-state index in [1.54, 1.807) is 10.9 Å². The van der Waals surface area contributed by atoms with Gasteiger partial charge in [0, 0.05) is 7.05 Å². The molecule has 0 spiro atoms. The van der Waals surface area contributed by atoms with Crippen LogP contribution in [0.3, 0.4) is 0 Å². The van der Waals surface area contributed by atoms with Crippen LogP contribution in [0.5, 0.6) is 0 Å². The smallest absolute Gasteiger partial charge is 0.316 e. The average Bonchev–Trinajstić information content (AvgIpc) is 2.81. The summed E-state index contributed by atoms with van der Waals surface area (Å²) < 4.78 is 7.56. The molecule has 0 aliphatic heterocycles. The van der Waals surface area contributed by atoms with Crippen LogP contribution in [0, 0.1) is 17.8 Å². The molecule has 1 aliphatic rings. The van der Waals surface area contributed by atoms with Crippen molar-refractivity contribution in [3.8, 4) is 0 Å². The van der Waals surface area contributed by atoms with Crippen molar-refractivity contribution < 1.29 is 9.53 Å². The highest BCUT2D eigenvalue weighted by Gasteiger charge is 2.33. The Balaban J connectivity index is 1.86. The van der Waals surface area contributed by atoms with Crippen molar-refractivity contribution in [2.45, 2.75) is 51.3 Å². The van der Waals surface area contributed by atoms with Gasteiger partial charge in [-0.15, -0.1) is 10.2 Å². The van der Waals surface area contributed by atoms with E-state index in [1.165, 1.54) is 18.2 Å². The lowest BCUT2D eigenvalue weighted by Crippen LogP contribution is -2.36. The van der Waals surface area contributed by atoms with E-state index < -0.39 is 0 Å². The van der Waals surface area contributed by atoms with Gasteiger partial charge in [0.25, 0.3) is 0 Å². The number of aromatic nitrogens is 3. The zero-order chi connectivity index (χ0) is 15.4. The number of carbonyl (C=O) groups is 1. The first kappa shape index (κ1) is 16.3. The minimum Gasteiger partial charge on any atom is -0.461 e. The lowest BCUT2D eigenvalue weighted by Gasteiger charge is -2.36. The number of thioether (sulfide) groups is 1. The van der Waals surface area contributed by atoms with Crippen LogP contribution in [0.1, 0.15) is 40.0 Å². The summed E-state index contributed by atoms with van der Waals surface area (Å²) in [6.07, 6.45) is 5.09. The summed E-state index contributed by atoms with van der Waals surface area (Å²) in [5, 5.41) is 8.50. The Morgan fingerprint density at radius 3 is 2.90 bits per heavy atom. The van der Waals surface area contributed by atoms with Gasteiger partial charge in [0.1, 0.15) is 12.4 Å². The van der Waals surface area contributed by atoms with Gasteiger partial charge in [-0.2, -0.15) is 0 Å². The molecule has 0 amide bonds. The van der Waals surface area contributed by atoms with Crippen molar-refractivity contribution in [1.29, 1.82) is 0 Å². The van der Waals surface area contributed by atoms with Crippen LogP contribution < -0.4 is 0 Å². The molecule has 3 atom stereocenters. The first-order valence-corrected chi connectivity index (χ1v) is 8.62. The quantitative estimate of drug-likeness (QED) is 0.618. The Kier molecular flexibility index (Phi) is 5.67. The highest BCUT2D eigenvalue weighted by molar-refractivity contribution is 7.99. The number of hydrogen-bond donors (Lipinski definition) is 0. The summed E-state index contributed by atoms with van der Waals surface area (Å²) in [6, 6.07) is 0. The molecule has 0 saturated heterocycles. The highest BCUT2D eigenvalue weighted by Crippen LogP contribution is 2.35. The fraction of sp³-hybridized carbons (Fsp3) is 0.800. The minimum atomic E-state index is -0.146. The summed E-state index contributed by atoms with van der Waals surface area (Å²) in [6.45, 7) is 6.68. The van der Waals surface area contributed by atoms with Gasteiger partial charge < -0.3 is 9.30 Å². The molecule has 1 aromatic rings. The van der Waals surface area contributed by atoms with Gasteiger partial charge in [-0.1, -0.05) is 39.0 Å². The normalized spacial score (nSPS) is 26.0. The monoisotopic (exact) mass is 311 g/mol. The van der Waals surface area contributed by atoms with E-state index in [4.69, 9.17) is 4.74 Å². The molecule has 1 saturated carbocycles. The van der Waals surface area contributed by atoms with Crippen molar-refractivity contribution in [2.24, 2.45) is 24.8 Å². The van der Waals surface area contributed by atoms with Crippen LogP contribution in [0.15, 0.2) is 11.5 Å². The SMILES string of the molecule is CC(C)[C@@H]1CC[C@@H](C)C[C@@H]1OC(=O)CSc1nncn1C. The molecule has 1 fully saturated rings. The Labute approximate surface area is 130 Å². The number of esters is 1. The second-order valence-corrected chi connectivity index (χ2v) is 7.31. The zero-order valence-corrected chi connectivity index (χ0v) is 14.1. The molecule has 0 bridgehead atoms. The molecule has 0 N–H and O–H groups in total. The predicted molar refractivity (Wildman–Crippen MR) is 83.0 cm³/mol. The largest absolute Gasteiger partial charge is 0.461 e. The van der Waals surface area contributed by atoms with Gasteiger partial charge in [-0.05, 0) is 30.6 Å². The molecule has 118 valence electrons. The van der Waals surface area contributed by atoms with Gasteiger partial charge in [-0.25, -0.2) is 0 Å². The van der Waals surface area contributed by atoms with Crippen molar-refractivity contribution in [1.82, 2.24) is 14.8 Å². The van der Waals surface area contributed by atoms with Gasteiger partial charge in [0.05, 0.1) is 5.75 Å². The molecule has 21 heavy (non-hydrogen) atoms. The van der Waals surface area contributed by atoms with Crippen LogP contribution >= 0.6 is 11.8 Å². The number of nitrogens with zero attached hydrogens (tertiary/aromatic N) is 3. The maximum absolute atomic E-state index is 12.1. The molecular formula is C15H25N3O2S. The lowest BCUT2D eigenvalue weighted by molar-refractivity contribution is -0.152. The third kappa shape index (κ3) is 4.46. The Hall–Kier alpha value is -1.04. The molecule has 1 heterocycles. The molecule has 1 aromatic heterocycles. The topological polar surface area (TPSA) is 57.0 Å². The average molecular weight is 311 g/mol. The third-order valence-corrected chi connectivity index (χ3v) is 5.24. The molecular weight excluding hydrogens is 286 g/mol. The molecule has 0 unspecified atom stereocenters. The number of aryl methyl sites for hydroxylation is 1. The Morgan fingerprint density at radius 1 is 1.52 bits per heavy atom. The summed E-state index contributed by atoms with van der Waals surface area (Å²) in [4.78, 5) is 12.1. The fourth-order valence-corrected chi connectivity index (χ4v) is 3.65. The maximum atomic E-state index is 12.1. The van der Waals surface area contributed by atoms with Crippen LogP contribution in [0.2, 0.25) is 0 Å². The van der Waals surface area contributed by atoms with E-state index in [0.29, 0.717) is 23.5 Å². The van der Waals surface area contributed by atoms with E-state index in [-0.39, 0.29) is 12.1 Å². The van der Waals surface area contributed by atoms with Gasteiger partial charge in [-0.3, -0.25) is 4.79 Å². The number of carbonyl (C=O) groups excluding carboxylic acids is 1. The first-order valence-electron chi connectivity index (χ1n) is 7.63. The van der Waals surface area contributed by atoms with Gasteiger partial charge in [0.15, 0.2) is 5.16 Å². The molecule has 1 aliphatic carbocycles. The van der Waals surface area contributed by atoms with E-state index in [1.807, 2.05) is 7.05 Å².